The summed E-state index contributed by atoms with van der Waals surface area (Å²) in [6.45, 7) is 3.04. The molecule has 0 aromatic heterocycles. The van der Waals surface area contributed by atoms with Gasteiger partial charge in [0.15, 0.2) is 0 Å². The number of benzene rings is 4. The number of Topliss-reactive ketones (excluding diaryl/α,β-unsaturated/α-hetero) is 1. The summed E-state index contributed by atoms with van der Waals surface area (Å²) in [6.07, 6.45) is -0.520. The second kappa shape index (κ2) is 30.2. The van der Waals surface area contributed by atoms with Gasteiger partial charge in [-0.3, -0.25) is 19.2 Å². The Balaban J connectivity index is 0. The third-order valence-electron chi connectivity index (χ3n) is 7.33. The van der Waals surface area contributed by atoms with Crippen LogP contribution >= 0.6 is 39.4 Å². The maximum atomic E-state index is 13.2. The maximum Gasteiger partial charge on any atom is 0.328 e. The molecular formula is C41H50ClF2N3O11S2. The molecule has 0 aliphatic heterocycles. The van der Waals surface area contributed by atoms with Crippen LogP contribution in [-0.4, -0.2) is 66.9 Å². The number of hydrogen-bond donors (Lipinski definition) is 4. The van der Waals surface area contributed by atoms with Crippen LogP contribution in [0.25, 0.3) is 0 Å². The van der Waals surface area contributed by atoms with Crippen molar-refractivity contribution in [1.29, 1.82) is 0 Å². The standard InChI is InChI=1S/C21H22FNO5.C13H12FNO.C7H11NO5.ClH.2H2S/c1-14(24)23-20(21(26)27-2)12-18(25)11-15-6-8-19(9-7-15)28-13-16-4-3-5-17(22)10-16;14-11-3-1-2-10(8-11)9-16-13-6-4-12(15)5-7-13;1-4(9)8-5(3-6(10)11)7(12)13-2;;;/h3-10,20H,11-13H2,1-2H3,(H,23,24);1-8H,9,15H2;5H,3H2,1-2H3,(H,8,9)(H,10,11);1H;2*1H2. The minimum absolute atomic E-state index is 0. The second-order valence-corrected chi connectivity index (χ2v) is 12.1. The molecule has 19 heteroatoms. The lowest BCUT2D eigenvalue weighted by Gasteiger charge is -2.14. The van der Waals surface area contributed by atoms with Crippen LogP contribution in [0.4, 0.5) is 14.5 Å². The van der Waals surface area contributed by atoms with Crippen LogP contribution in [0.1, 0.15) is 43.4 Å². The van der Waals surface area contributed by atoms with Gasteiger partial charge in [-0.15, -0.1) is 12.4 Å². The van der Waals surface area contributed by atoms with Gasteiger partial charge in [0, 0.05) is 32.4 Å². The Morgan fingerprint density at radius 2 is 1.03 bits per heavy atom. The summed E-state index contributed by atoms with van der Waals surface area (Å²) in [7, 11) is 2.32. The Hall–Kier alpha value is -5.85. The van der Waals surface area contributed by atoms with E-state index in [9.17, 15) is 37.5 Å². The molecule has 0 saturated heterocycles. The Labute approximate surface area is 366 Å². The molecule has 0 heterocycles. The molecule has 2 unspecified atom stereocenters. The van der Waals surface area contributed by atoms with E-state index in [1.807, 2.05) is 6.07 Å². The number of anilines is 1. The summed E-state index contributed by atoms with van der Waals surface area (Å²) in [5, 5.41) is 13.0. The molecule has 0 aliphatic rings. The number of hydrogen-bond acceptors (Lipinski definition) is 11. The van der Waals surface area contributed by atoms with Crippen LogP contribution in [0.2, 0.25) is 0 Å². The molecule has 14 nitrogen and oxygen atoms in total. The molecule has 0 aliphatic carbocycles. The molecule has 0 radical (unpaired) electrons. The third kappa shape index (κ3) is 23.5. The van der Waals surface area contributed by atoms with Gasteiger partial charge < -0.3 is 40.4 Å². The van der Waals surface area contributed by atoms with Gasteiger partial charge in [0.2, 0.25) is 11.8 Å². The van der Waals surface area contributed by atoms with Crippen LogP contribution in [0.3, 0.4) is 0 Å². The van der Waals surface area contributed by atoms with E-state index in [0.29, 0.717) is 23.6 Å². The first-order valence-corrected chi connectivity index (χ1v) is 17.2. The molecule has 0 spiro atoms. The monoisotopic (exact) mass is 897 g/mol. The number of carbonyl (C=O) groups is 6. The fourth-order valence-corrected chi connectivity index (χ4v) is 4.72. The van der Waals surface area contributed by atoms with Crippen molar-refractivity contribution >= 4 is 80.6 Å². The van der Waals surface area contributed by atoms with Crippen molar-refractivity contribution in [2.24, 2.45) is 0 Å². The molecule has 2 atom stereocenters. The predicted molar refractivity (Wildman–Crippen MR) is 232 cm³/mol. The number of nitrogens with one attached hydrogen (secondary N) is 2. The highest BCUT2D eigenvalue weighted by atomic mass is 35.5. The summed E-state index contributed by atoms with van der Waals surface area (Å²) in [4.78, 5) is 66.7. The predicted octanol–water partition coefficient (Wildman–Crippen LogP) is 5.36. The molecule has 0 bridgehead atoms. The zero-order valence-corrected chi connectivity index (χ0v) is 36.0. The second-order valence-electron chi connectivity index (χ2n) is 12.1. The number of amides is 2. The molecule has 4 rings (SSSR count). The van der Waals surface area contributed by atoms with E-state index in [2.05, 4.69) is 20.1 Å². The Bertz CT molecular complexity index is 1950. The number of methoxy groups -OCH3 is 2. The first kappa shape index (κ1) is 56.2. The number of carboxylic acids is 1. The van der Waals surface area contributed by atoms with E-state index in [1.165, 1.54) is 45.2 Å². The van der Waals surface area contributed by atoms with Crippen molar-refractivity contribution in [3.05, 3.63) is 125 Å². The maximum absolute atomic E-state index is 13.2. The number of halogens is 3. The van der Waals surface area contributed by atoms with Crippen LogP contribution < -0.4 is 25.8 Å². The number of carbonyl (C=O) groups excluding carboxylic acids is 5. The summed E-state index contributed by atoms with van der Waals surface area (Å²) in [5.41, 5.74) is 8.50. The molecule has 4 aromatic rings. The zero-order valence-electron chi connectivity index (χ0n) is 33.2. The highest BCUT2D eigenvalue weighted by Crippen LogP contribution is 2.17. The lowest BCUT2D eigenvalue weighted by molar-refractivity contribution is -0.149. The number of ketones is 1. The van der Waals surface area contributed by atoms with E-state index in [1.54, 1.807) is 66.7 Å². The highest BCUT2D eigenvalue weighted by molar-refractivity contribution is 7.59. The fraction of sp³-hybridized carbons (Fsp3) is 0.268. The minimum atomic E-state index is -1.18. The van der Waals surface area contributed by atoms with Gasteiger partial charge >= 0.3 is 17.9 Å². The van der Waals surface area contributed by atoms with Gasteiger partial charge in [-0.25, -0.2) is 18.4 Å². The number of carboxylic acid groups (broad SMARTS) is 1. The van der Waals surface area contributed by atoms with Crippen LogP contribution in [-0.2, 0) is 57.9 Å². The van der Waals surface area contributed by atoms with E-state index in [0.717, 1.165) is 24.0 Å². The largest absolute Gasteiger partial charge is 0.489 e. The minimum Gasteiger partial charge on any atom is -0.489 e. The number of nitrogens with two attached hydrogens (primary N) is 1. The zero-order chi connectivity index (χ0) is 42.3. The SMILES string of the molecule is COC(=O)C(CC(=O)Cc1ccc(OCc2cccc(F)c2)cc1)NC(C)=O.COC(=O)C(CC(=O)O)NC(C)=O.Cl.Nc1ccc(OCc2cccc(F)c2)cc1.S.S. The van der Waals surface area contributed by atoms with Gasteiger partial charge in [0.1, 0.15) is 54.2 Å². The first-order chi connectivity index (χ1) is 27.1. The topological polar surface area (TPSA) is 210 Å². The number of rotatable bonds is 16. The molecule has 5 N–H and O–H groups in total. The van der Waals surface area contributed by atoms with Crippen molar-refractivity contribution < 1.29 is 61.6 Å². The van der Waals surface area contributed by atoms with Crippen LogP contribution in [0, 0.1) is 11.6 Å². The highest BCUT2D eigenvalue weighted by Gasteiger charge is 2.24. The van der Waals surface area contributed by atoms with Gasteiger partial charge in [-0.2, -0.15) is 27.0 Å². The smallest absolute Gasteiger partial charge is 0.328 e. The number of aliphatic carboxylic acids is 1. The summed E-state index contributed by atoms with van der Waals surface area (Å²) in [6, 6.07) is 24.4. The van der Waals surface area contributed by atoms with Crippen molar-refractivity contribution in [2.75, 3.05) is 20.0 Å². The molecule has 2 amide bonds. The van der Waals surface area contributed by atoms with E-state index >= 15 is 0 Å². The summed E-state index contributed by atoms with van der Waals surface area (Å²) in [5.74, 6) is -2.97. The molecule has 0 fully saturated rings. The van der Waals surface area contributed by atoms with Gasteiger partial charge in [-0.05, 0) is 77.4 Å². The summed E-state index contributed by atoms with van der Waals surface area (Å²) >= 11 is 0. The van der Waals surface area contributed by atoms with Crippen LogP contribution in [0.5, 0.6) is 11.5 Å². The van der Waals surface area contributed by atoms with Crippen LogP contribution in [0.15, 0.2) is 97.1 Å². The van der Waals surface area contributed by atoms with Crippen molar-refractivity contribution in [2.45, 2.75) is 58.4 Å². The number of nitrogen functional groups attached to an aromatic ring is 1. The quantitative estimate of drug-likeness (QED) is 0.0829. The Kier molecular flexibility index (Phi) is 28.3. The van der Waals surface area contributed by atoms with Crippen molar-refractivity contribution in [3.8, 4) is 11.5 Å². The molecule has 4 aromatic carbocycles. The fourth-order valence-electron chi connectivity index (χ4n) is 4.72. The summed E-state index contributed by atoms with van der Waals surface area (Å²) < 4.78 is 46.0. The van der Waals surface area contributed by atoms with Gasteiger partial charge in [0.05, 0.1) is 20.6 Å². The van der Waals surface area contributed by atoms with E-state index in [-0.39, 0.29) is 76.3 Å². The van der Waals surface area contributed by atoms with Gasteiger partial charge in [0.25, 0.3) is 0 Å². The number of esters is 2. The van der Waals surface area contributed by atoms with E-state index in [4.69, 9.17) is 20.3 Å². The lowest BCUT2D eigenvalue weighted by atomic mass is 10.0. The number of ether oxygens (including phenoxy) is 4. The first-order valence-electron chi connectivity index (χ1n) is 17.2. The van der Waals surface area contributed by atoms with Crippen molar-refractivity contribution in [3.63, 3.8) is 0 Å². The normalized spacial score (nSPS) is 10.5. The molecule has 328 valence electrons. The van der Waals surface area contributed by atoms with Gasteiger partial charge in [-0.1, -0.05) is 36.4 Å². The average molecular weight is 898 g/mol. The molecule has 60 heavy (non-hydrogen) atoms. The Morgan fingerprint density at radius 3 is 1.40 bits per heavy atom. The molecule has 0 saturated carbocycles. The lowest BCUT2D eigenvalue weighted by Crippen LogP contribution is -2.42. The molecular weight excluding hydrogens is 848 g/mol. The Morgan fingerprint density at radius 1 is 0.633 bits per heavy atom. The third-order valence-corrected chi connectivity index (χ3v) is 7.33. The van der Waals surface area contributed by atoms with E-state index < -0.39 is 48.2 Å². The van der Waals surface area contributed by atoms with Crippen molar-refractivity contribution in [1.82, 2.24) is 10.6 Å². The average Bonchev–Trinajstić information content (AvgIpc) is 3.16.